The zero-order valence-electron chi connectivity index (χ0n) is 9.33. The van der Waals surface area contributed by atoms with Gasteiger partial charge in [-0.1, -0.05) is 13.8 Å². The van der Waals surface area contributed by atoms with Gasteiger partial charge in [0.05, 0.1) is 7.11 Å². The molecule has 0 saturated heterocycles. The van der Waals surface area contributed by atoms with Crippen molar-refractivity contribution in [1.29, 1.82) is 0 Å². The molecule has 1 atom stereocenters. The van der Waals surface area contributed by atoms with Gasteiger partial charge in [0, 0.05) is 16.3 Å². The van der Waals surface area contributed by atoms with Crippen molar-refractivity contribution in [3.8, 4) is 5.75 Å². The van der Waals surface area contributed by atoms with E-state index in [9.17, 15) is 0 Å². The summed E-state index contributed by atoms with van der Waals surface area (Å²) in [6.45, 7) is 4.49. The van der Waals surface area contributed by atoms with Crippen LogP contribution in [-0.4, -0.2) is 14.2 Å². The average Bonchev–Trinajstić information content (AvgIpc) is 2.62. The molecular weight excluding hydrogens is 194 g/mol. The lowest BCUT2D eigenvalue weighted by atomic mass is 10.0. The molecule has 1 unspecified atom stereocenters. The smallest absolute Gasteiger partial charge is 0.129 e. The molecule has 0 aromatic carbocycles. The lowest BCUT2D eigenvalue weighted by Gasteiger charge is -2.16. The predicted molar refractivity (Wildman–Crippen MR) is 62.1 cm³/mol. The van der Waals surface area contributed by atoms with Crippen LogP contribution in [-0.2, 0) is 0 Å². The fraction of sp³-hybridized carbons (Fsp3) is 0.636. The first-order valence-corrected chi connectivity index (χ1v) is 5.85. The van der Waals surface area contributed by atoms with Crippen LogP contribution in [0.15, 0.2) is 11.4 Å². The van der Waals surface area contributed by atoms with Gasteiger partial charge in [0.25, 0.3) is 0 Å². The van der Waals surface area contributed by atoms with Crippen LogP contribution >= 0.6 is 11.3 Å². The van der Waals surface area contributed by atoms with Crippen molar-refractivity contribution < 1.29 is 4.74 Å². The Kier molecular flexibility index (Phi) is 4.42. The Hall–Kier alpha value is -0.540. The molecule has 0 aliphatic heterocycles. The normalized spacial score (nSPS) is 13.2. The second kappa shape index (κ2) is 5.37. The van der Waals surface area contributed by atoms with E-state index in [4.69, 9.17) is 4.74 Å². The largest absolute Gasteiger partial charge is 0.496 e. The molecule has 0 amide bonds. The fourth-order valence-corrected chi connectivity index (χ4v) is 2.45. The van der Waals surface area contributed by atoms with Gasteiger partial charge in [0.15, 0.2) is 0 Å². The monoisotopic (exact) mass is 213 g/mol. The molecule has 0 bridgehead atoms. The standard InChI is InChI=1S/C11H19NOS/c1-8(2)5-10(12-3)11-6-9(13-4)7-14-11/h6-8,10,12H,5H2,1-4H3. The Morgan fingerprint density at radius 1 is 1.50 bits per heavy atom. The molecule has 1 aromatic heterocycles. The molecule has 0 fully saturated rings. The van der Waals surface area contributed by atoms with Gasteiger partial charge in [-0.25, -0.2) is 0 Å². The van der Waals surface area contributed by atoms with Crippen molar-refractivity contribution in [3.63, 3.8) is 0 Å². The van der Waals surface area contributed by atoms with Gasteiger partial charge in [-0.05, 0) is 25.5 Å². The van der Waals surface area contributed by atoms with Gasteiger partial charge < -0.3 is 10.1 Å². The van der Waals surface area contributed by atoms with E-state index in [-0.39, 0.29) is 0 Å². The summed E-state index contributed by atoms with van der Waals surface area (Å²) in [6.07, 6.45) is 1.17. The lowest BCUT2D eigenvalue weighted by Crippen LogP contribution is -2.17. The van der Waals surface area contributed by atoms with Gasteiger partial charge in [0.1, 0.15) is 5.75 Å². The number of ether oxygens (including phenoxy) is 1. The third-order valence-corrected chi connectivity index (χ3v) is 3.26. The Labute approximate surface area is 90.3 Å². The van der Waals surface area contributed by atoms with Gasteiger partial charge in [-0.3, -0.25) is 0 Å². The molecule has 0 saturated carbocycles. The maximum absolute atomic E-state index is 5.18. The maximum atomic E-state index is 5.18. The van der Waals surface area contributed by atoms with E-state index in [0.717, 1.165) is 5.75 Å². The molecule has 14 heavy (non-hydrogen) atoms. The van der Waals surface area contributed by atoms with Crippen LogP contribution in [0, 0.1) is 5.92 Å². The van der Waals surface area contributed by atoms with Crippen LogP contribution in [0.5, 0.6) is 5.75 Å². The van der Waals surface area contributed by atoms with Crippen molar-refractivity contribution in [1.82, 2.24) is 5.32 Å². The summed E-state index contributed by atoms with van der Waals surface area (Å²) in [5, 5.41) is 5.40. The summed E-state index contributed by atoms with van der Waals surface area (Å²) in [4.78, 5) is 1.36. The number of hydrogen-bond acceptors (Lipinski definition) is 3. The van der Waals surface area contributed by atoms with Crippen molar-refractivity contribution in [2.75, 3.05) is 14.2 Å². The summed E-state index contributed by atoms with van der Waals surface area (Å²) in [5.41, 5.74) is 0. The molecule has 0 aliphatic carbocycles. The quantitative estimate of drug-likeness (QED) is 0.811. The Bertz CT molecular complexity index is 270. The van der Waals surface area contributed by atoms with Crippen LogP contribution < -0.4 is 10.1 Å². The summed E-state index contributed by atoms with van der Waals surface area (Å²) in [6, 6.07) is 2.58. The minimum Gasteiger partial charge on any atom is -0.496 e. The highest BCUT2D eigenvalue weighted by molar-refractivity contribution is 7.10. The third-order valence-electron chi connectivity index (χ3n) is 2.23. The average molecular weight is 213 g/mol. The number of hydrogen-bond donors (Lipinski definition) is 1. The summed E-state index contributed by atoms with van der Waals surface area (Å²) in [7, 11) is 3.72. The minimum absolute atomic E-state index is 0.462. The van der Waals surface area contributed by atoms with E-state index in [1.807, 2.05) is 7.05 Å². The number of methoxy groups -OCH3 is 1. The van der Waals surface area contributed by atoms with Crippen molar-refractivity contribution >= 4 is 11.3 Å². The zero-order chi connectivity index (χ0) is 10.6. The van der Waals surface area contributed by atoms with Crippen LogP contribution in [0.25, 0.3) is 0 Å². The summed E-state index contributed by atoms with van der Waals surface area (Å²) < 4.78 is 5.18. The van der Waals surface area contributed by atoms with E-state index < -0.39 is 0 Å². The molecule has 3 heteroatoms. The summed E-state index contributed by atoms with van der Waals surface area (Å²) >= 11 is 1.76. The predicted octanol–water partition coefficient (Wildman–Crippen LogP) is 3.06. The van der Waals surface area contributed by atoms with Crippen molar-refractivity contribution in [2.45, 2.75) is 26.3 Å². The second-order valence-electron chi connectivity index (χ2n) is 3.86. The molecule has 0 spiro atoms. The first-order valence-electron chi connectivity index (χ1n) is 4.97. The fourth-order valence-electron chi connectivity index (χ4n) is 1.47. The van der Waals surface area contributed by atoms with Crippen LogP contribution in [0.2, 0.25) is 0 Å². The lowest BCUT2D eigenvalue weighted by molar-refractivity contribution is 0.414. The van der Waals surface area contributed by atoms with Gasteiger partial charge in [-0.15, -0.1) is 11.3 Å². The van der Waals surface area contributed by atoms with Crippen LogP contribution in [0.4, 0.5) is 0 Å². The minimum atomic E-state index is 0.462. The van der Waals surface area contributed by atoms with E-state index in [1.165, 1.54) is 11.3 Å². The van der Waals surface area contributed by atoms with Gasteiger partial charge in [0.2, 0.25) is 0 Å². The first kappa shape index (κ1) is 11.5. The van der Waals surface area contributed by atoms with E-state index in [0.29, 0.717) is 12.0 Å². The van der Waals surface area contributed by atoms with E-state index >= 15 is 0 Å². The van der Waals surface area contributed by atoms with Gasteiger partial charge >= 0.3 is 0 Å². The highest BCUT2D eigenvalue weighted by Crippen LogP contribution is 2.30. The number of rotatable bonds is 5. The highest BCUT2D eigenvalue weighted by atomic mass is 32.1. The SMILES string of the molecule is CNC(CC(C)C)c1cc(OC)cs1. The maximum Gasteiger partial charge on any atom is 0.129 e. The number of nitrogens with one attached hydrogen (secondary N) is 1. The Morgan fingerprint density at radius 3 is 2.64 bits per heavy atom. The van der Waals surface area contributed by atoms with Crippen LogP contribution in [0.1, 0.15) is 31.2 Å². The molecule has 1 rings (SSSR count). The zero-order valence-corrected chi connectivity index (χ0v) is 10.1. The molecule has 80 valence electrons. The van der Waals surface area contributed by atoms with Crippen LogP contribution in [0.3, 0.4) is 0 Å². The molecule has 1 heterocycles. The topological polar surface area (TPSA) is 21.3 Å². The molecule has 0 radical (unpaired) electrons. The van der Waals surface area contributed by atoms with Crippen molar-refractivity contribution in [3.05, 3.63) is 16.3 Å². The van der Waals surface area contributed by atoms with Crippen molar-refractivity contribution in [2.24, 2.45) is 5.92 Å². The number of thiophene rings is 1. The summed E-state index contributed by atoms with van der Waals surface area (Å²) in [5.74, 6) is 1.68. The molecule has 2 nitrogen and oxygen atoms in total. The van der Waals surface area contributed by atoms with Gasteiger partial charge in [-0.2, -0.15) is 0 Å². The molecule has 1 N–H and O–H groups in total. The second-order valence-corrected chi connectivity index (χ2v) is 4.80. The molecule has 0 aliphatic rings. The molecular formula is C11H19NOS. The first-order chi connectivity index (χ1) is 6.67. The van der Waals surface area contributed by atoms with E-state index in [2.05, 4.69) is 30.6 Å². The third kappa shape index (κ3) is 3.00. The Balaban J connectivity index is 2.68. The highest BCUT2D eigenvalue weighted by Gasteiger charge is 2.13. The van der Waals surface area contributed by atoms with E-state index in [1.54, 1.807) is 18.4 Å². The molecule has 1 aromatic rings. The Morgan fingerprint density at radius 2 is 2.21 bits per heavy atom.